The lowest BCUT2D eigenvalue weighted by Crippen LogP contribution is -2.48. The lowest BCUT2D eigenvalue weighted by molar-refractivity contribution is -0.122. The van der Waals surface area contributed by atoms with Gasteiger partial charge < -0.3 is 15.2 Å². The summed E-state index contributed by atoms with van der Waals surface area (Å²) in [4.78, 5) is 22.5. The molecule has 3 amide bonds. The molecule has 0 bridgehead atoms. The molecule has 1 aromatic rings. The number of aryl methyl sites for hydroxylation is 1. The molecule has 2 heterocycles. The van der Waals surface area contributed by atoms with Crippen molar-refractivity contribution >= 4 is 17.8 Å². The van der Waals surface area contributed by atoms with Gasteiger partial charge in [-0.2, -0.15) is 0 Å². The molecule has 1 aliphatic rings. The summed E-state index contributed by atoms with van der Waals surface area (Å²) in [7, 11) is 0. The van der Waals surface area contributed by atoms with Crippen LogP contribution >= 0.6 is 0 Å². The van der Waals surface area contributed by atoms with Gasteiger partial charge in [0.1, 0.15) is 0 Å². The van der Waals surface area contributed by atoms with Crippen molar-refractivity contribution in [3.8, 4) is 0 Å². The number of aromatic nitrogens is 1. The van der Waals surface area contributed by atoms with Gasteiger partial charge in [0.25, 0.3) is 0 Å². The highest BCUT2D eigenvalue weighted by atomic mass is 16.5. The summed E-state index contributed by atoms with van der Waals surface area (Å²) in [5.41, 5.74) is 0.699. The molecule has 1 aliphatic heterocycles. The Hall–Kier alpha value is -2.05. The Morgan fingerprint density at radius 1 is 1.65 bits per heavy atom. The number of piperidine rings is 1. The van der Waals surface area contributed by atoms with Crippen LogP contribution in [0.5, 0.6) is 0 Å². The van der Waals surface area contributed by atoms with E-state index in [-0.39, 0.29) is 18.0 Å². The highest BCUT2D eigenvalue weighted by molar-refractivity contribution is 5.88. The van der Waals surface area contributed by atoms with Crippen molar-refractivity contribution in [3.05, 3.63) is 11.8 Å². The van der Waals surface area contributed by atoms with E-state index in [0.29, 0.717) is 31.0 Å². The third kappa shape index (κ3) is 3.20. The number of carbonyl (C=O) groups is 2. The van der Waals surface area contributed by atoms with Crippen molar-refractivity contribution in [2.24, 2.45) is 0 Å². The van der Waals surface area contributed by atoms with E-state index < -0.39 is 0 Å². The van der Waals surface area contributed by atoms with Crippen molar-refractivity contribution < 1.29 is 14.1 Å². The summed E-state index contributed by atoms with van der Waals surface area (Å²) < 4.78 is 4.85. The van der Waals surface area contributed by atoms with Crippen LogP contribution in [0.4, 0.5) is 10.7 Å². The van der Waals surface area contributed by atoms with Crippen LogP contribution in [0.3, 0.4) is 0 Å². The van der Waals surface area contributed by atoms with Gasteiger partial charge in [0, 0.05) is 25.1 Å². The number of rotatable bonds is 2. The van der Waals surface area contributed by atoms with Gasteiger partial charge in [0.15, 0.2) is 0 Å². The molecular weight excluding hydrogens is 224 g/mol. The monoisotopic (exact) mass is 238 g/mol. The Kier molecular flexibility index (Phi) is 3.27. The fourth-order valence-corrected chi connectivity index (χ4v) is 1.61. The molecule has 3 N–H and O–H groups in total. The average molecular weight is 238 g/mol. The van der Waals surface area contributed by atoms with Crippen LogP contribution in [0.2, 0.25) is 0 Å². The Balaban J connectivity index is 1.79. The smallest absolute Gasteiger partial charge is 0.321 e. The maximum Gasteiger partial charge on any atom is 0.321 e. The molecule has 92 valence electrons. The van der Waals surface area contributed by atoms with Crippen LogP contribution in [-0.2, 0) is 4.79 Å². The van der Waals surface area contributed by atoms with Crippen LogP contribution in [0, 0.1) is 6.92 Å². The predicted molar refractivity (Wildman–Crippen MR) is 59.4 cm³/mol. The normalized spacial score (nSPS) is 19.6. The first-order valence-corrected chi connectivity index (χ1v) is 5.41. The molecule has 1 unspecified atom stereocenters. The zero-order chi connectivity index (χ0) is 12.3. The van der Waals surface area contributed by atoms with E-state index >= 15 is 0 Å². The van der Waals surface area contributed by atoms with E-state index in [2.05, 4.69) is 21.1 Å². The lowest BCUT2D eigenvalue weighted by Gasteiger charge is -2.23. The third-order valence-electron chi connectivity index (χ3n) is 2.47. The molecule has 2 rings (SSSR count). The summed E-state index contributed by atoms with van der Waals surface area (Å²) in [6.45, 7) is 2.23. The number of urea groups is 1. The first-order chi connectivity index (χ1) is 8.13. The number of amides is 3. The van der Waals surface area contributed by atoms with Crippen molar-refractivity contribution in [1.29, 1.82) is 0 Å². The Labute approximate surface area is 97.9 Å². The van der Waals surface area contributed by atoms with E-state index in [1.807, 2.05) is 0 Å². The van der Waals surface area contributed by atoms with Gasteiger partial charge in [-0.25, -0.2) is 4.79 Å². The second-order valence-corrected chi connectivity index (χ2v) is 3.97. The number of nitrogens with one attached hydrogen (secondary N) is 3. The summed E-state index contributed by atoms with van der Waals surface area (Å²) in [6.07, 6.45) is 1.08. The second kappa shape index (κ2) is 4.86. The van der Waals surface area contributed by atoms with Crippen LogP contribution in [0.15, 0.2) is 10.6 Å². The van der Waals surface area contributed by atoms with Gasteiger partial charge in [0.2, 0.25) is 11.8 Å². The average Bonchev–Trinajstić information content (AvgIpc) is 2.67. The molecular formula is C10H14N4O3. The Morgan fingerprint density at radius 2 is 2.47 bits per heavy atom. The van der Waals surface area contributed by atoms with E-state index in [0.717, 1.165) is 0 Å². The van der Waals surface area contributed by atoms with Crippen LogP contribution in [0.25, 0.3) is 0 Å². The van der Waals surface area contributed by atoms with Gasteiger partial charge in [-0.3, -0.25) is 10.1 Å². The third-order valence-corrected chi connectivity index (χ3v) is 2.47. The van der Waals surface area contributed by atoms with Gasteiger partial charge in [-0.1, -0.05) is 5.16 Å². The molecule has 7 nitrogen and oxygen atoms in total. The fraction of sp³-hybridized carbons (Fsp3) is 0.500. The molecule has 0 aliphatic carbocycles. The lowest BCUT2D eigenvalue weighted by atomic mass is 10.1. The van der Waals surface area contributed by atoms with Crippen molar-refractivity contribution in [2.45, 2.75) is 25.8 Å². The van der Waals surface area contributed by atoms with Crippen LogP contribution in [-0.4, -0.2) is 29.7 Å². The van der Waals surface area contributed by atoms with Crippen molar-refractivity contribution in [2.75, 3.05) is 11.9 Å². The van der Waals surface area contributed by atoms with Gasteiger partial charge in [0.05, 0.1) is 5.69 Å². The standard InChI is InChI=1S/C10H14N4O3/c1-6-4-9(17-14-6)13-10(16)12-7-2-3-8(15)11-5-7/h4,7H,2-3,5H2,1H3,(H,11,15)(H2,12,13,16). The number of anilines is 1. The molecule has 0 saturated carbocycles. The highest BCUT2D eigenvalue weighted by Crippen LogP contribution is 2.08. The van der Waals surface area contributed by atoms with E-state index in [1.54, 1.807) is 13.0 Å². The minimum atomic E-state index is -0.359. The van der Waals surface area contributed by atoms with Gasteiger partial charge in [-0.15, -0.1) is 0 Å². The molecule has 17 heavy (non-hydrogen) atoms. The largest absolute Gasteiger partial charge is 0.354 e. The minimum absolute atomic E-state index is 0.0225. The van der Waals surface area contributed by atoms with Crippen molar-refractivity contribution in [3.63, 3.8) is 0 Å². The number of hydrogen-bond donors (Lipinski definition) is 3. The zero-order valence-electron chi connectivity index (χ0n) is 9.45. The topological polar surface area (TPSA) is 96.3 Å². The van der Waals surface area contributed by atoms with E-state index in [1.165, 1.54) is 0 Å². The summed E-state index contributed by atoms with van der Waals surface area (Å²) in [5.74, 6) is 0.328. The molecule has 0 aromatic carbocycles. The molecule has 0 radical (unpaired) electrons. The van der Waals surface area contributed by atoms with Crippen LogP contribution < -0.4 is 16.0 Å². The highest BCUT2D eigenvalue weighted by Gasteiger charge is 2.19. The van der Waals surface area contributed by atoms with Gasteiger partial charge >= 0.3 is 6.03 Å². The molecule has 1 fully saturated rings. The number of nitrogens with zero attached hydrogens (tertiary/aromatic N) is 1. The fourth-order valence-electron chi connectivity index (χ4n) is 1.61. The molecule has 1 saturated heterocycles. The number of carbonyl (C=O) groups excluding carboxylic acids is 2. The molecule has 7 heteroatoms. The minimum Gasteiger partial charge on any atom is -0.354 e. The molecule has 0 spiro atoms. The zero-order valence-corrected chi connectivity index (χ0v) is 9.45. The van der Waals surface area contributed by atoms with E-state index in [4.69, 9.17) is 4.52 Å². The Morgan fingerprint density at radius 3 is 3.06 bits per heavy atom. The SMILES string of the molecule is Cc1cc(NC(=O)NC2CCC(=O)NC2)on1. The second-order valence-electron chi connectivity index (χ2n) is 3.97. The van der Waals surface area contributed by atoms with Crippen molar-refractivity contribution in [1.82, 2.24) is 15.8 Å². The summed E-state index contributed by atoms with van der Waals surface area (Å²) >= 11 is 0. The molecule has 1 aromatic heterocycles. The first kappa shape index (κ1) is 11.4. The quantitative estimate of drug-likeness (QED) is 0.694. The maximum atomic E-state index is 11.5. The summed E-state index contributed by atoms with van der Waals surface area (Å²) in [5, 5.41) is 11.6. The maximum absolute atomic E-state index is 11.5. The van der Waals surface area contributed by atoms with Crippen LogP contribution in [0.1, 0.15) is 18.5 Å². The number of hydrogen-bond acceptors (Lipinski definition) is 4. The Bertz CT molecular complexity index is 419. The molecule has 1 atom stereocenters. The van der Waals surface area contributed by atoms with Gasteiger partial charge in [-0.05, 0) is 13.3 Å². The first-order valence-electron chi connectivity index (χ1n) is 5.41. The van der Waals surface area contributed by atoms with E-state index in [9.17, 15) is 9.59 Å². The summed E-state index contributed by atoms with van der Waals surface area (Å²) in [6, 6.07) is 1.22. The predicted octanol–water partition coefficient (Wildman–Crippen LogP) is 0.383.